The molecule has 5 heteroatoms. The molecule has 0 saturated heterocycles. The number of aryl methyl sites for hydroxylation is 1. The van der Waals surface area contributed by atoms with Gasteiger partial charge in [0, 0.05) is 23.8 Å². The zero-order valence-electron chi connectivity index (χ0n) is 10.9. The van der Waals surface area contributed by atoms with E-state index in [1.807, 2.05) is 35.3 Å². The standard InChI is InChI=1S/C14H18ClN3O/c1-2-18-9-11(8-17-18)6-13(16)10-19-14-5-3-4-12(15)7-14/h3-5,7-9,13H,2,6,10,16H2,1H3. The molecule has 0 saturated carbocycles. The number of benzene rings is 1. The lowest BCUT2D eigenvalue weighted by molar-refractivity contribution is 0.287. The number of ether oxygens (including phenoxy) is 1. The second kappa shape index (κ2) is 6.59. The summed E-state index contributed by atoms with van der Waals surface area (Å²) in [6.45, 7) is 3.38. The minimum Gasteiger partial charge on any atom is -0.492 e. The molecule has 1 heterocycles. The minimum atomic E-state index is -0.0616. The van der Waals surface area contributed by atoms with Crippen LogP contribution in [0.4, 0.5) is 0 Å². The largest absolute Gasteiger partial charge is 0.492 e. The summed E-state index contributed by atoms with van der Waals surface area (Å²) in [5, 5.41) is 4.88. The van der Waals surface area contributed by atoms with E-state index >= 15 is 0 Å². The van der Waals surface area contributed by atoms with Crippen LogP contribution in [0, 0.1) is 0 Å². The maximum absolute atomic E-state index is 6.05. The van der Waals surface area contributed by atoms with Gasteiger partial charge in [-0.15, -0.1) is 0 Å². The summed E-state index contributed by atoms with van der Waals surface area (Å²) >= 11 is 5.89. The van der Waals surface area contributed by atoms with E-state index in [2.05, 4.69) is 12.0 Å². The van der Waals surface area contributed by atoms with Gasteiger partial charge in [-0.25, -0.2) is 0 Å². The number of hydrogen-bond donors (Lipinski definition) is 1. The van der Waals surface area contributed by atoms with Crippen molar-refractivity contribution in [3.8, 4) is 5.75 Å². The van der Waals surface area contributed by atoms with E-state index in [1.165, 1.54) is 0 Å². The first-order chi connectivity index (χ1) is 9.17. The fourth-order valence-electron chi connectivity index (χ4n) is 1.81. The van der Waals surface area contributed by atoms with Crippen LogP contribution in [0.1, 0.15) is 12.5 Å². The first-order valence-corrected chi connectivity index (χ1v) is 6.70. The van der Waals surface area contributed by atoms with Crippen LogP contribution in [0.5, 0.6) is 5.75 Å². The summed E-state index contributed by atoms with van der Waals surface area (Å²) in [6.07, 6.45) is 4.61. The monoisotopic (exact) mass is 279 g/mol. The number of rotatable bonds is 6. The van der Waals surface area contributed by atoms with Crippen LogP contribution in [0.15, 0.2) is 36.7 Å². The maximum atomic E-state index is 6.05. The van der Waals surface area contributed by atoms with Gasteiger partial charge in [0.15, 0.2) is 0 Å². The quantitative estimate of drug-likeness (QED) is 0.884. The highest BCUT2D eigenvalue weighted by Gasteiger charge is 2.07. The van der Waals surface area contributed by atoms with Gasteiger partial charge in [-0.1, -0.05) is 17.7 Å². The van der Waals surface area contributed by atoms with E-state index in [4.69, 9.17) is 22.1 Å². The Bertz CT molecular complexity index is 527. The van der Waals surface area contributed by atoms with Gasteiger partial charge in [-0.2, -0.15) is 5.10 Å². The van der Waals surface area contributed by atoms with Gasteiger partial charge in [-0.05, 0) is 37.1 Å². The van der Waals surface area contributed by atoms with Crippen molar-refractivity contribution in [1.29, 1.82) is 0 Å². The zero-order valence-corrected chi connectivity index (χ0v) is 11.7. The Morgan fingerprint density at radius 3 is 3.00 bits per heavy atom. The van der Waals surface area contributed by atoms with E-state index < -0.39 is 0 Å². The molecule has 19 heavy (non-hydrogen) atoms. The molecule has 0 spiro atoms. The highest BCUT2D eigenvalue weighted by atomic mass is 35.5. The predicted octanol–water partition coefficient (Wildman–Crippen LogP) is 2.51. The summed E-state index contributed by atoms with van der Waals surface area (Å²) in [6, 6.07) is 7.26. The Morgan fingerprint density at radius 2 is 2.32 bits per heavy atom. The third-order valence-electron chi connectivity index (χ3n) is 2.77. The fraction of sp³-hybridized carbons (Fsp3) is 0.357. The molecule has 1 unspecified atom stereocenters. The van der Waals surface area contributed by atoms with Crippen LogP contribution in [0.25, 0.3) is 0 Å². The van der Waals surface area contributed by atoms with Crippen molar-refractivity contribution >= 4 is 11.6 Å². The molecular formula is C14H18ClN3O. The highest BCUT2D eigenvalue weighted by Crippen LogP contribution is 2.17. The fourth-order valence-corrected chi connectivity index (χ4v) is 1.99. The maximum Gasteiger partial charge on any atom is 0.120 e. The Hall–Kier alpha value is -1.52. The zero-order chi connectivity index (χ0) is 13.7. The van der Waals surface area contributed by atoms with Crippen molar-refractivity contribution < 1.29 is 4.74 Å². The molecule has 4 nitrogen and oxygen atoms in total. The van der Waals surface area contributed by atoms with Crippen molar-refractivity contribution in [2.75, 3.05) is 6.61 Å². The summed E-state index contributed by atoms with van der Waals surface area (Å²) < 4.78 is 7.51. The average molecular weight is 280 g/mol. The Balaban J connectivity index is 1.82. The van der Waals surface area contributed by atoms with E-state index in [9.17, 15) is 0 Å². The van der Waals surface area contributed by atoms with Crippen LogP contribution < -0.4 is 10.5 Å². The predicted molar refractivity (Wildman–Crippen MR) is 76.5 cm³/mol. The van der Waals surface area contributed by atoms with Gasteiger partial charge in [0.25, 0.3) is 0 Å². The summed E-state index contributed by atoms with van der Waals surface area (Å²) in [7, 11) is 0. The number of nitrogens with two attached hydrogens (primary N) is 1. The van der Waals surface area contributed by atoms with Crippen LogP contribution in [-0.2, 0) is 13.0 Å². The molecule has 0 fully saturated rings. The van der Waals surface area contributed by atoms with Gasteiger partial charge in [0.2, 0.25) is 0 Å². The second-order valence-corrected chi connectivity index (χ2v) is 4.87. The number of hydrogen-bond acceptors (Lipinski definition) is 3. The molecule has 102 valence electrons. The summed E-state index contributed by atoms with van der Waals surface area (Å²) in [5.41, 5.74) is 7.18. The minimum absolute atomic E-state index is 0.0616. The molecule has 0 aliphatic heterocycles. The molecule has 2 N–H and O–H groups in total. The molecule has 0 aliphatic carbocycles. The number of aromatic nitrogens is 2. The lowest BCUT2D eigenvalue weighted by Crippen LogP contribution is -2.30. The highest BCUT2D eigenvalue weighted by molar-refractivity contribution is 6.30. The van der Waals surface area contributed by atoms with Crippen molar-refractivity contribution in [2.24, 2.45) is 5.73 Å². The van der Waals surface area contributed by atoms with Crippen molar-refractivity contribution in [3.63, 3.8) is 0 Å². The van der Waals surface area contributed by atoms with Gasteiger partial charge >= 0.3 is 0 Å². The van der Waals surface area contributed by atoms with Crippen molar-refractivity contribution in [1.82, 2.24) is 9.78 Å². The molecule has 0 bridgehead atoms. The van der Waals surface area contributed by atoms with Gasteiger partial charge in [-0.3, -0.25) is 4.68 Å². The number of nitrogens with zero attached hydrogens (tertiary/aromatic N) is 2. The normalized spacial score (nSPS) is 12.4. The third kappa shape index (κ3) is 4.26. The molecule has 2 rings (SSSR count). The van der Waals surface area contributed by atoms with E-state index in [0.717, 1.165) is 24.3 Å². The molecule has 1 aromatic heterocycles. The third-order valence-corrected chi connectivity index (χ3v) is 3.00. The molecule has 0 amide bonds. The van der Waals surface area contributed by atoms with E-state index in [1.54, 1.807) is 6.07 Å². The summed E-state index contributed by atoms with van der Waals surface area (Å²) in [5.74, 6) is 0.743. The Morgan fingerprint density at radius 1 is 1.47 bits per heavy atom. The van der Waals surface area contributed by atoms with Crippen molar-refractivity contribution in [2.45, 2.75) is 25.9 Å². The smallest absolute Gasteiger partial charge is 0.120 e. The van der Waals surface area contributed by atoms with Crippen LogP contribution in [0.2, 0.25) is 5.02 Å². The SMILES string of the molecule is CCn1cc(CC(N)COc2cccc(Cl)c2)cn1. The lowest BCUT2D eigenvalue weighted by atomic mass is 10.1. The molecular weight excluding hydrogens is 262 g/mol. The van der Waals surface area contributed by atoms with Gasteiger partial charge < -0.3 is 10.5 Å². The topological polar surface area (TPSA) is 53.1 Å². The van der Waals surface area contributed by atoms with Crippen LogP contribution >= 0.6 is 11.6 Å². The van der Waals surface area contributed by atoms with Crippen LogP contribution in [0.3, 0.4) is 0 Å². The second-order valence-electron chi connectivity index (χ2n) is 4.44. The van der Waals surface area contributed by atoms with Crippen LogP contribution in [-0.4, -0.2) is 22.4 Å². The Labute approximate surface area is 118 Å². The first kappa shape index (κ1) is 13.9. The molecule has 2 aromatic rings. The Kier molecular flexibility index (Phi) is 4.82. The average Bonchev–Trinajstić information content (AvgIpc) is 2.84. The molecule has 1 atom stereocenters. The number of halogens is 1. The lowest BCUT2D eigenvalue weighted by Gasteiger charge is -2.12. The van der Waals surface area contributed by atoms with Gasteiger partial charge in [0.05, 0.1) is 6.20 Å². The summed E-state index contributed by atoms with van der Waals surface area (Å²) in [4.78, 5) is 0. The van der Waals surface area contributed by atoms with E-state index in [0.29, 0.717) is 11.6 Å². The molecule has 0 aliphatic rings. The molecule has 0 radical (unpaired) electrons. The van der Waals surface area contributed by atoms with E-state index in [-0.39, 0.29) is 6.04 Å². The molecule has 1 aromatic carbocycles. The van der Waals surface area contributed by atoms with Gasteiger partial charge in [0.1, 0.15) is 12.4 Å². The first-order valence-electron chi connectivity index (χ1n) is 6.32. The van der Waals surface area contributed by atoms with Crippen molar-refractivity contribution in [3.05, 3.63) is 47.2 Å².